The van der Waals surface area contributed by atoms with Crippen LogP contribution < -0.4 is 15.4 Å². The van der Waals surface area contributed by atoms with Crippen LogP contribution >= 0.6 is 0 Å². The number of rotatable bonds is 7. The summed E-state index contributed by atoms with van der Waals surface area (Å²) in [5.74, 6) is 0.968. The zero-order valence-corrected chi connectivity index (χ0v) is 16.4. The molecule has 0 atom stereocenters. The molecular weight excluding hydrogens is 314 g/mol. The van der Waals surface area contributed by atoms with Crippen molar-refractivity contribution in [2.45, 2.75) is 52.0 Å². The molecule has 0 saturated carbocycles. The molecule has 5 heteroatoms. The fourth-order valence-corrected chi connectivity index (χ4v) is 3.49. The van der Waals surface area contributed by atoms with Crippen LogP contribution in [0.1, 0.15) is 43.7 Å². The average Bonchev–Trinajstić information content (AvgIpc) is 2.58. The first kappa shape index (κ1) is 19.7. The molecule has 0 radical (unpaired) electrons. The van der Waals surface area contributed by atoms with Crippen LogP contribution in [-0.2, 0) is 4.79 Å². The zero-order chi connectivity index (χ0) is 18.4. The Morgan fingerprint density at radius 1 is 1.24 bits per heavy atom. The molecule has 2 rings (SSSR count). The van der Waals surface area contributed by atoms with Crippen LogP contribution in [0.15, 0.2) is 12.1 Å². The van der Waals surface area contributed by atoms with Gasteiger partial charge in [-0.2, -0.15) is 0 Å². The normalized spacial score (nSPS) is 16.7. The van der Waals surface area contributed by atoms with Gasteiger partial charge in [0.2, 0.25) is 5.91 Å². The van der Waals surface area contributed by atoms with Gasteiger partial charge >= 0.3 is 0 Å². The van der Waals surface area contributed by atoms with Gasteiger partial charge in [-0.15, -0.1) is 0 Å². The van der Waals surface area contributed by atoms with Crippen molar-refractivity contribution in [3.05, 3.63) is 23.3 Å². The average molecular weight is 348 g/mol. The summed E-state index contributed by atoms with van der Waals surface area (Å²) in [6, 6.07) is 4.03. The fourth-order valence-electron chi connectivity index (χ4n) is 3.49. The number of nitrogens with one attached hydrogen (secondary N) is 2. The van der Waals surface area contributed by atoms with Crippen molar-refractivity contribution in [2.75, 3.05) is 39.1 Å². The molecule has 1 aromatic carbocycles. The summed E-state index contributed by atoms with van der Waals surface area (Å²) >= 11 is 0. The number of likely N-dealkylation sites (N-methyl/N-ethyl adjacent to an activating group) is 1. The number of nitrogens with zero attached hydrogens (tertiary/aromatic N) is 1. The maximum atomic E-state index is 13.1. The number of ether oxygens (including phenoxy) is 1. The molecule has 1 saturated heterocycles. The third-order valence-corrected chi connectivity index (χ3v) is 5.22. The number of benzene rings is 1. The molecule has 0 spiro atoms. The first-order chi connectivity index (χ1) is 11.9. The second kappa shape index (κ2) is 8.68. The van der Waals surface area contributed by atoms with Gasteiger partial charge in [-0.1, -0.05) is 13.3 Å². The number of carbonyl (C=O) groups is 1. The summed E-state index contributed by atoms with van der Waals surface area (Å²) in [6.45, 7) is 8.68. The molecule has 2 N–H and O–H groups in total. The Balaban J connectivity index is 2.17. The molecule has 0 unspecified atom stereocenters. The zero-order valence-electron chi connectivity index (χ0n) is 16.4. The van der Waals surface area contributed by atoms with Crippen LogP contribution in [0.4, 0.5) is 5.69 Å². The van der Waals surface area contributed by atoms with Crippen molar-refractivity contribution in [1.82, 2.24) is 10.2 Å². The van der Waals surface area contributed by atoms with Gasteiger partial charge in [0.25, 0.3) is 0 Å². The number of aryl methyl sites for hydroxylation is 2. The Morgan fingerprint density at radius 2 is 1.84 bits per heavy atom. The van der Waals surface area contributed by atoms with Crippen LogP contribution in [0.25, 0.3) is 0 Å². The molecule has 1 heterocycles. The van der Waals surface area contributed by atoms with Crippen molar-refractivity contribution >= 4 is 11.6 Å². The van der Waals surface area contributed by atoms with E-state index in [1.165, 1.54) is 0 Å². The fraction of sp³-hybridized carbons (Fsp3) is 0.650. The van der Waals surface area contributed by atoms with Crippen LogP contribution in [-0.4, -0.2) is 50.1 Å². The smallest absolute Gasteiger partial charge is 0.244 e. The Hall–Kier alpha value is -1.59. The highest BCUT2D eigenvalue weighted by Gasteiger charge is 2.41. The molecule has 25 heavy (non-hydrogen) atoms. The standard InChI is InChI=1S/C20H33N3O2/c1-6-7-12-25-17-13-15(2)18(16(3)14-17)22-19(24)20(23(4)5)8-10-21-11-9-20/h13-14,21H,6-12H2,1-5H3,(H,22,24). The molecular formula is C20H33N3O2. The number of amides is 1. The molecule has 0 bridgehead atoms. The lowest BCUT2D eigenvalue weighted by Crippen LogP contribution is -2.59. The van der Waals surface area contributed by atoms with Crippen molar-refractivity contribution in [3.63, 3.8) is 0 Å². The van der Waals surface area contributed by atoms with E-state index in [0.29, 0.717) is 0 Å². The lowest BCUT2D eigenvalue weighted by Gasteiger charge is -2.41. The first-order valence-electron chi connectivity index (χ1n) is 9.34. The van der Waals surface area contributed by atoms with Crippen molar-refractivity contribution < 1.29 is 9.53 Å². The Kier molecular flexibility index (Phi) is 6.85. The van der Waals surface area contributed by atoms with Crippen molar-refractivity contribution in [3.8, 4) is 5.75 Å². The molecule has 0 aromatic heterocycles. The van der Waals surface area contributed by atoms with Gasteiger partial charge in [-0.05, 0) is 83.6 Å². The molecule has 1 amide bonds. The largest absolute Gasteiger partial charge is 0.494 e. The SMILES string of the molecule is CCCCOc1cc(C)c(NC(=O)C2(N(C)C)CCNCC2)c(C)c1. The minimum Gasteiger partial charge on any atom is -0.494 e. The van der Waals surface area contributed by atoms with E-state index < -0.39 is 5.54 Å². The maximum Gasteiger partial charge on any atom is 0.244 e. The van der Waals surface area contributed by atoms with E-state index in [1.807, 2.05) is 40.1 Å². The van der Waals surface area contributed by atoms with E-state index in [1.54, 1.807) is 0 Å². The maximum absolute atomic E-state index is 13.1. The molecule has 5 nitrogen and oxygen atoms in total. The molecule has 1 fully saturated rings. The monoisotopic (exact) mass is 347 g/mol. The number of hydrogen-bond acceptors (Lipinski definition) is 4. The van der Waals surface area contributed by atoms with Crippen LogP contribution in [0.3, 0.4) is 0 Å². The highest BCUT2D eigenvalue weighted by Crippen LogP contribution is 2.30. The lowest BCUT2D eigenvalue weighted by atomic mass is 9.85. The number of hydrogen-bond donors (Lipinski definition) is 2. The van der Waals surface area contributed by atoms with E-state index in [9.17, 15) is 4.79 Å². The number of piperidine rings is 1. The minimum absolute atomic E-state index is 0.0878. The van der Waals surface area contributed by atoms with Gasteiger partial charge in [0.1, 0.15) is 11.3 Å². The predicted octanol–water partition coefficient (Wildman–Crippen LogP) is 3.10. The first-order valence-corrected chi connectivity index (χ1v) is 9.34. The molecule has 1 aromatic rings. The third kappa shape index (κ3) is 4.53. The van der Waals surface area contributed by atoms with Gasteiger partial charge < -0.3 is 15.4 Å². The number of unbranched alkanes of at least 4 members (excludes halogenated alkanes) is 1. The second-order valence-electron chi connectivity index (χ2n) is 7.26. The van der Waals surface area contributed by atoms with E-state index in [0.717, 1.165) is 67.9 Å². The molecule has 140 valence electrons. The van der Waals surface area contributed by atoms with Gasteiger partial charge in [0.05, 0.1) is 6.61 Å². The Bertz CT molecular complexity index is 570. The van der Waals surface area contributed by atoms with E-state index in [4.69, 9.17) is 4.74 Å². The third-order valence-electron chi connectivity index (χ3n) is 5.22. The highest BCUT2D eigenvalue weighted by molar-refractivity contribution is 5.99. The van der Waals surface area contributed by atoms with Crippen LogP contribution in [0, 0.1) is 13.8 Å². The summed E-state index contributed by atoms with van der Waals surface area (Å²) in [5, 5.41) is 6.55. The van der Waals surface area contributed by atoms with E-state index in [2.05, 4.69) is 22.5 Å². The van der Waals surface area contributed by atoms with Crippen LogP contribution in [0.2, 0.25) is 0 Å². The number of anilines is 1. The summed E-state index contributed by atoms with van der Waals surface area (Å²) < 4.78 is 5.81. The summed E-state index contributed by atoms with van der Waals surface area (Å²) in [7, 11) is 3.99. The highest BCUT2D eigenvalue weighted by atomic mass is 16.5. The Labute approximate surface area is 152 Å². The van der Waals surface area contributed by atoms with Gasteiger partial charge in [-0.3, -0.25) is 9.69 Å². The predicted molar refractivity (Wildman–Crippen MR) is 103 cm³/mol. The van der Waals surface area contributed by atoms with E-state index >= 15 is 0 Å². The van der Waals surface area contributed by atoms with Gasteiger partial charge in [-0.25, -0.2) is 0 Å². The second-order valence-corrected chi connectivity index (χ2v) is 7.26. The summed E-state index contributed by atoms with van der Waals surface area (Å²) in [6.07, 6.45) is 3.81. The van der Waals surface area contributed by atoms with Crippen molar-refractivity contribution in [2.24, 2.45) is 0 Å². The minimum atomic E-state index is -0.444. The van der Waals surface area contributed by atoms with E-state index in [-0.39, 0.29) is 5.91 Å². The van der Waals surface area contributed by atoms with Crippen molar-refractivity contribution in [1.29, 1.82) is 0 Å². The van der Waals surface area contributed by atoms with Gasteiger partial charge in [0.15, 0.2) is 0 Å². The summed E-state index contributed by atoms with van der Waals surface area (Å²) in [4.78, 5) is 15.2. The van der Waals surface area contributed by atoms with Gasteiger partial charge in [0, 0.05) is 5.69 Å². The molecule has 1 aliphatic rings. The molecule has 0 aliphatic carbocycles. The lowest BCUT2D eigenvalue weighted by molar-refractivity contribution is -0.128. The van der Waals surface area contributed by atoms with Crippen LogP contribution in [0.5, 0.6) is 5.75 Å². The molecule has 1 aliphatic heterocycles. The summed E-state index contributed by atoms with van der Waals surface area (Å²) in [5.41, 5.74) is 2.55. The quantitative estimate of drug-likeness (QED) is 0.744. The topological polar surface area (TPSA) is 53.6 Å². The Morgan fingerprint density at radius 3 is 2.36 bits per heavy atom. The number of carbonyl (C=O) groups excluding carboxylic acids is 1.